The second-order valence-electron chi connectivity index (χ2n) is 4.41. The monoisotopic (exact) mass is 268 g/mol. The van der Waals surface area contributed by atoms with Crippen LogP contribution in [0.15, 0.2) is 18.2 Å². The van der Waals surface area contributed by atoms with Crippen molar-refractivity contribution in [2.24, 2.45) is 0 Å². The highest BCUT2D eigenvalue weighted by Crippen LogP contribution is 2.14. The average Bonchev–Trinajstić information content (AvgIpc) is 2.39. The van der Waals surface area contributed by atoms with Crippen molar-refractivity contribution < 1.29 is 18.4 Å². The fourth-order valence-corrected chi connectivity index (χ4v) is 2.01. The van der Waals surface area contributed by atoms with Gasteiger partial charge in [0.15, 0.2) is 11.6 Å². The molecule has 1 aromatic carbocycles. The van der Waals surface area contributed by atoms with Crippen LogP contribution in [0, 0.1) is 11.6 Å². The van der Waals surface area contributed by atoms with Crippen LogP contribution in [0.3, 0.4) is 0 Å². The Kier molecular flexibility index (Phi) is 3.90. The number of benzene rings is 1. The molecule has 19 heavy (non-hydrogen) atoms. The molecular weight excluding hydrogens is 254 g/mol. The van der Waals surface area contributed by atoms with Crippen LogP contribution in [0.2, 0.25) is 0 Å². The predicted molar refractivity (Wildman–Crippen MR) is 64.0 cm³/mol. The highest BCUT2D eigenvalue weighted by Gasteiger charge is 2.32. The molecule has 1 saturated heterocycles. The highest BCUT2D eigenvalue weighted by molar-refractivity contribution is 6.01. The summed E-state index contributed by atoms with van der Waals surface area (Å²) in [7, 11) is 0. The molecule has 0 saturated carbocycles. The van der Waals surface area contributed by atoms with E-state index in [1.807, 2.05) is 6.92 Å². The fourth-order valence-electron chi connectivity index (χ4n) is 2.01. The van der Waals surface area contributed by atoms with Crippen LogP contribution in [-0.4, -0.2) is 29.3 Å². The molecule has 1 fully saturated rings. The molecule has 1 N–H and O–H groups in total. The van der Waals surface area contributed by atoms with Crippen molar-refractivity contribution in [3.05, 3.63) is 35.4 Å². The second-order valence-corrected chi connectivity index (χ2v) is 4.41. The third-order valence-electron chi connectivity index (χ3n) is 3.10. The van der Waals surface area contributed by atoms with Gasteiger partial charge in [0.2, 0.25) is 11.8 Å². The third kappa shape index (κ3) is 2.78. The maximum absolute atomic E-state index is 13.1. The van der Waals surface area contributed by atoms with Gasteiger partial charge >= 0.3 is 0 Å². The summed E-state index contributed by atoms with van der Waals surface area (Å²) >= 11 is 0. The molecule has 0 radical (unpaired) electrons. The van der Waals surface area contributed by atoms with E-state index in [2.05, 4.69) is 5.32 Å². The van der Waals surface area contributed by atoms with Crippen molar-refractivity contribution in [2.75, 3.05) is 6.54 Å². The third-order valence-corrected chi connectivity index (χ3v) is 3.10. The number of carbonyl (C=O) groups is 2. The molecule has 1 atom stereocenters. The summed E-state index contributed by atoms with van der Waals surface area (Å²) < 4.78 is 25.9. The van der Waals surface area contributed by atoms with Crippen molar-refractivity contribution in [1.82, 2.24) is 10.2 Å². The van der Waals surface area contributed by atoms with Crippen LogP contribution in [0.25, 0.3) is 0 Å². The normalized spacial score (nSPS) is 19.9. The molecule has 6 heteroatoms. The van der Waals surface area contributed by atoms with Crippen molar-refractivity contribution >= 4 is 11.8 Å². The Hall–Kier alpha value is -1.82. The molecule has 4 nitrogen and oxygen atoms in total. The predicted octanol–water partition coefficient (Wildman–Crippen LogP) is 1.20. The van der Waals surface area contributed by atoms with Crippen molar-refractivity contribution in [3.8, 4) is 0 Å². The van der Waals surface area contributed by atoms with E-state index >= 15 is 0 Å². The Morgan fingerprint density at radius 1 is 1.32 bits per heavy atom. The van der Waals surface area contributed by atoms with Gasteiger partial charge in [-0.2, -0.15) is 0 Å². The molecule has 2 rings (SSSR count). The van der Waals surface area contributed by atoms with E-state index in [1.54, 1.807) is 0 Å². The SMILES string of the molecule is CCC1NCC(=O)N(Cc2ccc(F)c(F)c2)C1=O. The molecule has 0 aromatic heterocycles. The van der Waals surface area contributed by atoms with Crippen molar-refractivity contribution in [2.45, 2.75) is 25.9 Å². The molecule has 102 valence electrons. The van der Waals surface area contributed by atoms with E-state index in [4.69, 9.17) is 0 Å². The minimum Gasteiger partial charge on any atom is -0.297 e. The van der Waals surface area contributed by atoms with Gasteiger partial charge in [-0.1, -0.05) is 13.0 Å². The first-order chi connectivity index (χ1) is 9.02. The Morgan fingerprint density at radius 3 is 2.68 bits per heavy atom. The van der Waals surface area contributed by atoms with Crippen LogP contribution in [0.1, 0.15) is 18.9 Å². The van der Waals surface area contributed by atoms with Crippen LogP contribution in [0.5, 0.6) is 0 Å². The summed E-state index contributed by atoms with van der Waals surface area (Å²) in [5.74, 6) is -2.63. The Labute approximate surface area is 109 Å². The van der Waals surface area contributed by atoms with E-state index in [9.17, 15) is 18.4 Å². The van der Waals surface area contributed by atoms with E-state index < -0.39 is 17.7 Å². The number of carbonyl (C=O) groups excluding carboxylic acids is 2. The number of halogens is 2. The molecule has 1 heterocycles. The standard InChI is InChI=1S/C13H14F2N2O2/c1-2-11-13(19)17(12(18)6-16-11)7-8-3-4-9(14)10(15)5-8/h3-5,11,16H,2,6-7H2,1H3. The summed E-state index contributed by atoms with van der Waals surface area (Å²) in [6.45, 7) is 1.88. The largest absolute Gasteiger partial charge is 0.297 e. The Balaban J connectivity index is 2.18. The second kappa shape index (κ2) is 5.44. The molecule has 2 amide bonds. The summed E-state index contributed by atoms with van der Waals surface area (Å²) in [6, 6.07) is 2.95. The van der Waals surface area contributed by atoms with E-state index in [0.29, 0.717) is 12.0 Å². The number of imide groups is 1. The summed E-state index contributed by atoms with van der Waals surface area (Å²) in [5, 5.41) is 2.83. The maximum atomic E-state index is 13.1. The Morgan fingerprint density at radius 2 is 2.05 bits per heavy atom. The number of nitrogens with zero attached hydrogens (tertiary/aromatic N) is 1. The number of hydrogen-bond donors (Lipinski definition) is 1. The minimum atomic E-state index is -0.987. The van der Waals surface area contributed by atoms with Gasteiger partial charge in [0.1, 0.15) is 0 Å². The van der Waals surface area contributed by atoms with Crippen molar-refractivity contribution in [1.29, 1.82) is 0 Å². The highest BCUT2D eigenvalue weighted by atomic mass is 19.2. The van der Waals surface area contributed by atoms with Crippen LogP contribution < -0.4 is 5.32 Å². The van der Waals surface area contributed by atoms with Gasteiger partial charge in [0.05, 0.1) is 19.1 Å². The first-order valence-corrected chi connectivity index (χ1v) is 6.04. The van der Waals surface area contributed by atoms with E-state index in [0.717, 1.165) is 17.0 Å². The summed E-state index contributed by atoms with van der Waals surface area (Å²) in [5.41, 5.74) is 0.386. The average molecular weight is 268 g/mol. The van der Waals surface area contributed by atoms with Crippen molar-refractivity contribution in [3.63, 3.8) is 0 Å². The van der Waals surface area contributed by atoms with E-state index in [1.165, 1.54) is 6.07 Å². The fraction of sp³-hybridized carbons (Fsp3) is 0.385. The van der Waals surface area contributed by atoms with Gasteiger partial charge < -0.3 is 0 Å². The molecule has 1 aromatic rings. The lowest BCUT2D eigenvalue weighted by Gasteiger charge is -2.31. The quantitative estimate of drug-likeness (QED) is 0.838. The smallest absolute Gasteiger partial charge is 0.246 e. The molecular formula is C13H14F2N2O2. The van der Waals surface area contributed by atoms with Gasteiger partial charge in [-0.05, 0) is 24.1 Å². The lowest BCUT2D eigenvalue weighted by atomic mass is 10.1. The first kappa shape index (κ1) is 13.6. The number of hydrogen-bond acceptors (Lipinski definition) is 3. The van der Waals surface area contributed by atoms with Gasteiger partial charge in [-0.15, -0.1) is 0 Å². The molecule has 0 bridgehead atoms. The van der Waals surface area contributed by atoms with Crippen LogP contribution >= 0.6 is 0 Å². The zero-order chi connectivity index (χ0) is 14.0. The van der Waals surface area contributed by atoms with Gasteiger partial charge in [0.25, 0.3) is 0 Å². The maximum Gasteiger partial charge on any atom is 0.246 e. The lowest BCUT2D eigenvalue weighted by molar-refractivity contribution is -0.150. The van der Waals surface area contributed by atoms with E-state index in [-0.39, 0.29) is 24.9 Å². The molecule has 0 spiro atoms. The lowest BCUT2D eigenvalue weighted by Crippen LogP contribution is -2.57. The molecule has 1 aliphatic rings. The minimum absolute atomic E-state index is 0.0347. The van der Waals surface area contributed by atoms with Gasteiger partial charge in [-0.3, -0.25) is 19.8 Å². The topological polar surface area (TPSA) is 49.4 Å². The summed E-state index contributed by atoms with van der Waals surface area (Å²) in [6.07, 6.45) is 0.570. The Bertz CT molecular complexity index is 519. The summed E-state index contributed by atoms with van der Waals surface area (Å²) in [4.78, 5) is 24.8. The number of rotatable bonds is 3. The zero-order valence-electron chi connectivity index (χ0n) is 10.5. The number of nitrogens with one attached hydrogen (secondary N) is 1. The molecule has 1 unspecified atom stereocenters. The van der Waals surface area contributed by atoms with Gasteiger partial charge in [0, 0.05) is 0 Å². The zero-order valence-corrected chi connectivity index (χ0v) is 10.5. The van der Waals surface area contributed by atoms with Crippen LogP contribution in [-0.2, 0) is 16.1 Å². The molecule has 1 aliphatic heterocycles. The molecule has 0 aliphatic carbocycles. The first-order valence-electron chi connectivity index (χ1n) is 6.04. The number of piperazine rings is 1. The van der Waals surface area contributed by atoms with Gasteiger partial charge in [-0.25, -0.2) is 8.78 Å². The number of amides is 2. The van der Waals surface area contributed by atoms with Crippen LogP contribution in [0.4, 0.5) is 8.78 Å².